The lowest BCUT2D eigenvalue weighted by Gasteiger charge is -2.30. The van der Waals surface area contributed by atoms with E-state index in [4.69, 9.17) is 9.97 Å². The number of nitrogens with one attached hydrogen (secondary N) is 1. The largest absolute Gasteiger partial charge is 0.313 e. The number of rotatable bonds is 5. The molecule has 0 saturated heterocycles. The quantitative estimate of drug-likeness (QED) is 0.885. The first-order valence-electron chi connectivity index (χ1n) is 8.57. The Bertz CT molecular complexity index is 437. The van der Waals surface area contributed by atoms with Crippen LogP contribution in [0.1, 0.15) is 75.1 Å². The molecular weight excluding hydrogens is 258 g/mol. The molecule has 1 aliphatic carbocycles. The molecule has 1 aliphatic rings. The van der Waals surface area contributed by atoms with Crippen LogP contribution in [-0.2, 0) is 6.54 Å². The minimum Gasteiger partial charge on any atom is -0.313 e. The number of aromatic nitrogens is 2. The molecule has 1 saturated carbocycles. The minimum absolute atomic E-state index is 0.575. The van der Waals surface area contributed by atoms with Gasteiger partial charge >= 0.3 is 0 Å². The normalized spacial score (nSPS) is 22.8. The molecule has 2 rings (SSSR count). The van der Waals surface area contributed by atoms with E-state index in [0.717, 1.165) is 42.1 Å². The van der Waals surface area contributed by atoms with Crippen LogP contribution in [0.4, 0.5) is 0 Å². The standard InChI is InChI=1S/C18H31N3/c1-6-19-11-17-13(4)20-18(21-14(17)5)16-9-7-15(8-10-16)12(2)3/h12,15-16,19H,6-11H2,1-5H3. The summed E-state index contributed by atoms with van der Waals surface area (Å²) < 4.78 is 0. The van der Waals surface area contributed by atoms with E-state index in [0.29, 0.717) is 5.92 Å². The fourth-order valence-electron chi connectivity index (χ4n) is 3.50. The third kappa shape index (κ3) is 4.03. The van der Waals surface area contributed by atoms with Gasteiger partial charge in [-0.15, -0.1) is 0 Å². The van der Waals surface area contributed by atoms with Gasteiger partial charge in [0.05, 0.1) is 0 Å². The average Bonchev–Trinajstić information content (AvgIpc) is 2.46. The highest BCUT2D eigenvalue weighted by atomic mass is 14.9. The lowest BCUT2D eigenvalue weighted by Crippen LogP contribution is -2.21. The van der Waals surface area contributed by atoms with Crippen LogP contribution in [-0.4, -0.2) is 16.5 Å². The highest BCUT2D eigenvalue weighted by Gasteiger charge is 2.26. The smallest absolute Gasteiger partial charge is 0.131 e. The van der Waals surface area contributed by atoms with E-state index >= 15 is 0 Å². The summed E-state index contributed by atoms with van der Waals surface area (Å²) in [5.74, 6) is 3.38. The predicted octanol–water partition coefficient (Wildman–Crippen LogP) is 4.13. The maximum atomic E-state index is 4.83. The van der Waals surface area contributed by atoms with Crippen molar-refractivity contribution >= 4 is 0 Å². The van der Waals surface area contributed by atoms with E-state index in [1.165, 1.54) is 31.2 Å². The van der Waals surface area contributed by atoms with Crippen LogP contribution >= 0.6 is 0 Å². The maximum absolute atomic E-state index is 4.83. The topological polar surface area (TPSA) is 37.8 Å². The lowest BCUT2D eigenvalue weighted by atomic mass is 9.76. The molecule has 0 atom stereocenters. The molecule has 0 radical (unpaired) electrons. The second-order valence-electron chi connectivity index (χ2n) is 6.87. The Labute approximate surface area is 130 Å². The van der Waals surface area contributed by atoms with Crippen molar-refractivity contribution in [3.05, 3.63) is 22.8 Å². The lowest BCUT2D eigenvalue weighted by molar-refractivity contribution is 0.254. The molecule has 0 spiro atoms. The van der Waals surface area contributed by atoms with E-state index < -0.39 is 0 Å². The summed E-state index contributed by atoms with van der Waals surface area (Å²) in [5.41, 5.74) is 3.59. The molecule has 1 N–H and O–H groups in total. The third-order valence-corrected chi connectivity index (χ3v) is 5.07. The summed E-state index contributed by atoms with van der Waals surface area (Å²) in [6.45, 7) is 13.0. The first-order chi connectivity index (χ1) is 10.0. The van der Waals surface area contributed by atoms with Gasteiger partial charge in [0.2, 0.25) is 0 Å². The van der Waals surface area contributed by atoms with Gasteiger partial charge in [0, 0.05) is 29.4 Å². The van der Waals surface area contributed by atoms with E-state index in [2.05, 4.69) is 39.9 Å². The predicted molar refractivity (Wildman–Crippen MR) is 88.4 cm³/mol. The van der Waals surface area contributed by atoms with Crippen molar-refractivity contribution in [2.24, 2.45) is 11.8 Å². The van der Waals surface area contributed by atoms with Crippen LogP contribution in [0.3, 0.4) is 0 Å². The van der Waals surface area contributed by atoms with Crippen molar-refractivity contribution in [3.8, 4) is 0 Å². The first-order valence-corrected chi connectivity index (χ1v) is 8.57. The molecule has 0 amide bonds. The van der Waals surface area contributed by atoms with E-state index in [-0.39, 0.29) is 0 Å². The van der Waals surface area contributed by atoms with Gasteiger partial charge in [-0.2, -0.15) is 0 Å². The summed E-state index contributed by atoms with van der Waals surface area (Å²) in [7, 11) is 0. The molecule has 1 aromatic heterocycles. The summed E-state index contributed by atoms with van der Waals surface area (Å²) >= 11 is 0. The molecule has 1 fully saturated rings. The van der Waals surface area contributed by atoms with Crippen LogP contribution in [0.15, 0.2) is 0 Å². The Morgan fingerprint density at radius 2 is 1.62 bits per heavy atom. The summed E-state index contributed by atoms with van der Waals surface area (Å²) in [6.07, 6.45) is 5.19. The zero-order valence-electron chi connectivity index (χ0n) is 14.4. The van der Waals surface area contributed by atoms with Gasteiger partial charge in [-0.05, 0) is 57.9 Å². The third-order valence-electron chi connectivity index (χ3n) is 5.07. The molecule has 21 heavy (non-hydrogen) atoms. The van der Waals surface area contributed by atoms with Gasteiger partial charge in [-0.25, -0.2) is 9.97 Å². The first kappa shape index (κ1) is 16.4. The zero-order chi connectivity index (χ0) is 15.4. The van der Waals surface area contributed by atoms with E-state index in [1.54, 1.807) is 0 Å². The summed E-state index contributed by atoms with van der Waals surface area (Å²) in [4.78, 5) is 9.66. The number of nitrogens with zero attached hydrogens (tertiary/aromatic N) is 2. The molecule has 0 aliphatic heterocycles. The minimum atomic E-state index is 0.575. The molecule has 0 unspecified atom stereocenters. The molecule has 3 nitrogen and oxygen atoms in total. The maximum Gasteiger partial charge on any atom is 0.131 e. The fourth-order valence-corrected chi connectivity index (χ4v) is 3.50. The molecule has 0 aromatic carbocycles. The highest BCUT2D eigenvalue weighted by molar-refractivity contribution is 5.25. The van der Waals surface area contributed by atoms with Gasteiger partial charge in [0.1, 0.15) is 5.82 Å². The van der Waals surface area contributed by atoms with Crippen LogP contribution in [0.25, 0.3) is 0 Å². The van der Waals surface area contributed by atoms with E-state index in [1.807, 2.05) is 0 Å². The molecule has 3 heteroatoms. The van der Waals surface area contributed by atoms with Gasteiger partial charge in [0.25, 0.3) is 0 Å². The van der Waals surface area contributed by atoms with Gasteiger partial charge in [0.15, 0.2) is 0 Å². The van der Waals surface area contributed by atoms with E-state index in [9.17, 15) is 0 Å². The second-order valence-corrected chi connectivity index (χ2v) is 6.87. The second kappa shape index (κ2) is 7.35. The molecule has 1 heterocycles. The van der Waals surface area contributed by atoms with Gasteiger partial charge in [-0.1, -0.05) is 20.8 Å². The molecule has 118 valence electrons. The zero-order valence-corrected chi connectivity index (χ0v) is 14.4. The number of hydrogen-bond acceptors (Lipinski definition) is 3. The summed E-state index contributed by atoms with van der Waals surface area (Å²) in [5, 5.41) is 3.38. The number of aryl methyl sites for hydroxylation is 2. The molecule has 0 bridgehead atoms. The Morgan fingerprint density at radius 3 is 2.10 bits per heavy atom. The van der Waals surface area contributed by atoms with Gasteiger partial charge < -0.3 is 5.32 Å². The van der Waals surface area contributed by atoms with Crippen LogP contribution in [0.2, 0.25) is 0 Å². The van der Waals surface area contributed by atoms with Crippen molar-refractivity contribution in [3.63, 3.8) is 0 Å². The Balaban J connectivity index is 2.08. The van der Waals surface area contributed by atoms with Crippen LogP contribution in [0, 0.1) is 25.7 Å². The monoisotopic (exact) mass is 289 g/mol. The SMILES string of the molecule is CCNCc1c(C)nc(C2CCC(C(C)C)CC2)nc1C. The number of hydrogen-bond donors (Lipinski definition) is 1. The van der Waals surface area contributed by atoms with Crippen molar-refractivity contribution < 1.29 is 0 Å². The average molecular weight is 289 g/mol. The fraction of sp³-hybridized carbons (Fsp3) is 0.778. The Kier molecular flexibility index (Phi) is 5.74. The van der Waals surface area contributed by atoms with Crippen molar-refractivity contribution in [1.82, 2.24) is 15.3 Å². The van der Waals surface area contributed by atoms with Crippen LogP contribution < -0.4 is 5.32 Å². The Morgan fingerprint density at radius 1 is 1.05 bits per heavy atom. The van der Waals surface area contributed by atoms with Gasteiger partial charge in [-0.3, -0.25) is 0 Å². The van der Waals surface area contributed by atoms with Crippen molar-refractivity contribution in [1.29, 1.82) is 0 Å². The van der Waals surface area contributed by atoms with Crippen LogP contribution in [0.5, 0.6) is 0 Å². The molecular formula is C18H31N3. The summed E-state index contributed by atoms with van der Waals surface area (Å²) in [6, 6.07) is 0. The van der Waals surface area contributed by atoms with Crippen molar-refractivity contribution in [2.75, 3.05) is 6.54 Å². The Hall–Kier alpha value is -0.960. The highest BCUT2D eigenvalue weighted by Crippen LogP contribution is 2.37. The van der Waals surface area contributed by atoms with Crippen molar-refractivity contribution in [2.45, 2.75) is 72.8 Å². The molecule has 1 aromatic rings.